The van der Waals surface area contributed by atoms with E-state index in [2.05, 4.69) is 33.8 Å². The summed E-state index contributed by atoms with van der Waals surface area (Å²) in [5.41, 5.74) is 1.36. The fourth-order valence-electron chi connectivity index (χ4n) is 3.21. The summed E-state index contributed by atoms with van der Waals surface area (Å²) >= 11 is 0. The number of esters is 1. The van der Waals surface area contributed by atoms with Crippen molar-refractivity contribution in [1.82, 2.24) is 0 Å². The Hall–Kier alpha value is -0.830. The first-order chi connectivity index (χ1) is 9.23. The number of hydrogen-bond donors (Lipinski definition) is 0. The van der Waals surface area contributed by atoms with E-state index < -0.39 is 0 Å². The van der Waals surface area contributed by atoms with Crippen LogP contribution in [-0.4, -0.2) is 23.8 Å². The maximum Gasteiger partial charge on any atom is 0.303 e. The predicted octanol–water partition coefficient (Wildman–Crippen LogP) is 4.01. The fraction of sp³-hybridized carbons (Fsp3) is 0.824. The van der Waals surface area contributed by atoms with Crippen LogP contribution in [0.5, 0.6) is 0 Å². The SMILES string of the molecule is CC(=O)O[C@H]1/C=C(/C)CC[C@H]2O[C@@]2(C)CCCC1(C)C. The lowest BCUT2D eigenvalue weighted by Crippen LogP contribution is -2.32. The van der Waals surface area contributed by atoms with Crippen molar-refractivity contribution in [2.24, 2.45) is 5.41 Å². The van der Waals surface area contributed by atoms with Gasteiger partial charge in [-0.2, -0.15) is 0 Å². The topological polar surface area (TPSA) is 38.8 Å². The number of hydrogen-bond acceptors (Lipinski definition) is 3. The first-order valence-corrected chi connectivity index (χ1v) is 7.75. The van der Waals surface area contributed by atoms with Crippen molar-refractivity contribution < 1.29 is 14.3 Å². The van der Waals surface area contributed by atoms with Crippen LogP contribution in [0.3, 0.4) is 0 Å². The highest BCUT2D eigenvalue weighted by molar-refractivity contribution is 5.66. The molecule has 1 aliphatic carbocycles. The van der Waals surface area contributed by atoms with E-state index in [4.69, 9.17) is 9.47 Å². The smallest absolute Gasteiger partial charge is 0.303 e. The molecule has 1 aliphatic heterocycles. The molecular weight excluding hydrogens is 252 g/mol. The molecule has 3 nitrogen and oxygen atoms in total. The molecule has 1 heterocycles. The van der Waals surface area contributed by atoms with Gasteiger partial charge in [0.15, 0.2) is 0 Å². The van der Waals surface area contributed by atoms with Gasteiger partial charge in [0.25, 0.3) is 0 Å². The van der Waals surface area contributed by atoms with Crippen molar-refractivity contribution in [1.29, 1.82) is 0 Å². The average Bonchev–Trinajstić information content (AvgIpc) is 2.95. The van der Waals surface area contributed by atoms with E-state index in [0.717, 1.165) is 32.1 Å². The van der Waals surface area contributed by atoms with Crippen LogP contribution in [0.4, 0.5) is 0 Å². The molecule has 0 aromatic carbocycles. The van der Waals surface area contributed by atoms with Crippen LogP contribution in [-0.2, 0) is 14.3 Å². The maximum absolute atomic E-state index is 11.4. The Bertz CT molecular complexity index is 410. The normalized spacial score (nSPS) is 39.8. The molecule has 0 aromatic heterocycles. The summed E-state index contributed by atoms with van der Waals surface area (Å²) in [6, 6.07) is 0. The van der Waals surface area contributed by atoms with E-state index in [1.807, 2.05) is 0 Å². The van der Waals surface area contributed by atoms with Crippen LogP contribution < -0.4 is 0 Å². The number of carbonyl (C=O) groups excluding carboxylic acids is 1. The second-order valence-corrected chi connectivity index (χ2v) is 7.34. The third-order valence-corrected chi connectivity index (χ3v) is 4.83. The monoisotopic (exact) mass is 280 g/mol. The quantitative estimate of drug-likeness (QED) is 0.414. The molecular formula is C17H28O3. The maximum atomic E-state index is 11.4. The molecule has 3 atom stereocenters. The molecule has 2 rings (SSSR count). The van der Waals surface area contributed by atoms with Crippen molar-refractivity contribution in [3.8, 4) is 0 Å². The lowest BCUT2D eigenvalue weighted by Gasteiger charge is -2.32. The minimum absolute atomic E-state index is 0.0297. The van der Waals surface area contributed by atoms with Gasteiger partial charge in [0.05, 0.1) is 11.7 Å². The van der Waals surface area contributed by atoms with Gasteiger partial charge in [-0.3, -0.25) is 4.79 Å². The highest BCUT2D eigenvalue weighted by Gasteiger charge is 2.51. The Labute approximate surface area is 122 Å². The minimum atomic E-state index is -0.194. The third kappa shape index (κ3) is 3.63. The average molecular weight is 280 g/mol. The van der Waals surface area contributed by atoms with Gasteiger partial charge < -0.3 is 9.47 Å². The van der Waals surface area contributed by atoms with E-state index in [9.17, 15) is 4.79 Å². The molecule has 114 valence electrons. The zero-order valence-electron chi connectivity index (χ0n) is 13.5. The van der Waals surface area contributed by atoms with Gasteiger partial charge in [-0.15, -0.1) is 0 Å². The second kappa shape index (κ2) is 5.51. The minimum Gasteiger partial charge on any atom is -0.458 e. The largest absolute Gasteiger partial charge is 0.458 e. The Balaban J connectivity index is 2.15. The Morgan fingerprint density at radius 2 is 2.05 bits per heavy atom. The van der Waals surface area contributed by atoms with Crippen molar-refractivity contribution in [3.63, 3.8) is 0 Å². The van der Waals surface area contributed by atoms with Crippen molar-refractivity contribution in [3.05, 3.63) is 11.6 Å². The number of epoxide rings is 1. The second-order valence-electron chi connectivity index (χ2n) is 7.34. The van der Waals surface area contributed by atoms with Gasteiger partial charge in [-0.1, -0.05) is 19.4 Å². The molecule has 1 fully saturated rings. The van der Waals surface area contributed by atoms with Gasteiger partial charge in [-0.05, 0) is 52.0 Å². The molecule has 20 heavy (non-hydrogen) atoms. The molecule has 0 aromatic rings. The first-order valence-electron chi connectivity index (χ1n) is 7.75. The van der Waals surface area contributed by atoms with Crippen molar-refractivity contribution >= 4 is 5.97 Å². The van der Waals surface area contributed by atoms with Gasteiger partial charge in [0.1, 0.15) is 6.10 Å². The molecule has 0 unspecified atom stereocenters. The van der Waals surface area contributed by atoms with E-state index in [-0.39, 0.29) is 23.1 Å². The number of fused-ring (bicyclic) bond motifs is 1. The van der Waals surface area contributed by atoms with E-state index in [0.29, 0.717) is 6.10 Å². The van der Waals surface area contributed by atoms with Gasteiger partial charge >= 0.3 is 5.97 Å². The molecule has 0 N–H and O–H groups in total. The molecule has 1 saturated heterocycles. The fourth-order valence-corrected chi connectivity index (χ4v) is 3.21. The summed E-state index contributed by atoms with van der Waals surface area (Å²) in [5, 5.41) is 0. The Morgan fingerprint density at radius 1 is 1.35 bits per heavy atom. The van der Waals surface area contributed by atoms with E-state index in [1.54, 1.807) is 0 Å². The van der Waals surface area contributed by atoms with Crippen LogP contribution in [0.15, 0.2) is 11.6 Å². The highest BCUT2D eigenvalue weighted by atomic mass is 16.6. The van der Waals surface area contributed by atoms with E-state index >= 15 is 0 Å². The van der Waals surface area contributed by atoms with Crippen LogP contribution >= 0.6 is 0 Å². The molecule has 0 saturated carbocycles. The summed E-state index contributed by atoms with van der Waals surface area (Å²) < 4.78 is 11.4. The highest BCUT2D eigenvalue weighted by Crippen LogP contribution is 2.45. The summed E-state index contributed by atoms with van der Waals surface area (Å²) in [6.07, 6.45) is 7.80. The summed E-state index contributed by atoms with van der Waals surface area (Å²) in [7, 11) is 0. The van der Waals surface area contributed by atoms with Crippen molar-refractivity contribution in [2.45, 2.75) is 84.5 Å². The van der Waals surface area contributed by atoms with Crippen LogP contribution in [0.2, 0.25) is 0 Å². The van der Waals surface area contributed by atoms with Crippen LogP contribution in [0.25, 0.3) is 0 Å². The van der Waals surface area contributed by atoms with Gasteiger partial charge in [-0.25, -0.2) is 0 Å². The zero-order chi connectivity index (χ0) is 15.0. The number of rotatable bonds is 1. The molecule has 0 amide bonds. The lowest BCUT2D eigenvalue weighted by atomic mass is 9.80. The van der Waals surface area contributed by atoms with Gasteiger partial charge in [0.2, 0.25) is 0 Å². The number of allylic oxidation sites excluding steroid dienone is 1. The summed E-state index contributed by atoms with van der Waals surface area (Å²) in [6.45, 7) is 10.2. The van der Waals surface area contributed by atoms with Crippen molar-refractivity contribution in [2.75, 3.05) is 0 Å². The molecule has 2 aliphatic rings. The molecule has 0 radical (unpaired) electrons. The predicted molar refractivity (Wildman–Crippen MR) is 79.5 cm³/mol. The van der Waals surface area contributed by atoms with E-state index in [1.165, 1.54) is 12.5 Å². The molecule has 0 bridgehead atoms. The molecule has 0 spiro atoms. The number of carbonyl (C=O) groups is 1. The summed E-state index contributed by atoms with van der Waals surface area (Å²) in [4.78, 5) is 11.4. The summed E-state index contributed by atoms with van der Waals surface area (Å²) in [5.74, 6) is -0.194. The molecule has 3 heteroatoms. The lowest BCUT2D eigenvalue weighted by molar-refractivity contribution is -0.149. The van der Waals surface area contributed by atoms with Gasteiger partial charge in [0, 0.05) is 12.3 Å². The van der Waals surface area contributed by atoms with Crippen LogP contribution in [0, 0.1) is 5.41 Å². The third-order valence-electron chi connectivity index (χ3n) is 4.83. The Kier molecular flexibility index (Phi) is 4.29. The number of ether oxygens (including phenoxy) is 2. The van der Waals surface area contributed by atoms with Crippen LogP contribution in [0.1, 0.15) is 66.7 Å². The Morgan fingerprint density at radius 3 is 2.70 bits per heavy atom. The zero-order valence-corrected chi connectivity index (χ0v) is 13.5. The standard InChI is InChI=1S/C17H28O3/c1-12-7-8-14-17(5,20-14)10-6-9-16(3,4)15(11-12)19-13(2)18/h11,14-15H,6-10H2,1-5H3/b12-11-/t14-,15+,17+/m1/s1. The first kappa shape index (κ1) is 15.6.